The standard InChI is InChI=1S/C27H33N7O5/c1-27(2,3)39-26(37)34-14-10-8-6-5-7-9-12-29-24(36)22-19(16-33(4)32-22)30-23(35)20-17-38-25(31-20)18-11-13-28-21(34)15-18/h5-6,11,13,15-17H,7-10,12,14H2,1-4H3,(H,29,36)(H,30,35)/b6-5-. The molecule has 206 valence electrons. The first kappa shape index (κ1) is 27.6. The molecule has 3 amide bonds. The van der Waals surface area contributed by atoms with Gasteiger partial charge in [-0.2, -0.15) is 5.10 Å². The number of hydrogen-bond donors (Lipinski definition) is 2. The lowest BCUT2D eigenvalue weighted by Gasteiger charge is -2.27. The van der Waals surface area contributed by atoms with Crippen LogP contribution in [0.25, 0.3) is 11.5 Å². The van der Waals surface area contributed by atoms with Gasteiger partial charge in [0.2, 0.25) is 5.89 Å². The van der Waals surface area contributed by atoms with Gasteiger partial charge < -0.3 is 19.8 Å². The van der Waals surface area contributed by atoms with Crippen molar-refractivity contribution in [3.63, 3.8) is 0 Å². The number of oxazole rings is 1. The fourth-order valence-electron chi connectivity index (χ4n) is 3.87. The Hall–Kier alpha value is -4.48. The molecule has 0 aliphatic carbocycles. The molecule has 12 nitrogen and oxygen atoms in total. The summed E-state index contributed by atoms with van der Waals surface area (Å²) in [7, 11) is 1.66. The highest BCUT2D eigenvalue weighted by atomic mass is 16.6. The van der Waals surface area contributed by atoms with E-state index in [1.165, 1.54) is 15.8 Å². The number of carbonyl (C=O) groups is 3. The molecule has 4 bridgehead atoms. The molecule has 2 N–H and O–H groups in total. The van der Waals surface area contributed by atoms with Crippen molar-refractivity contribution in [1.29, 1.82) is 0 Å². The van der Waals surface area contributed by atoms with Crippen molar-refractivity contribution < 1.29 is 23.5 Å². The van der Waals surface area contributed by atoms with E-state index in [2.05, 4.69) is 37.9 Å². The Bertz CT molecular complexity index is 1370. The van der Waals surface area contributed by atoms with Crippen LogP contribution in [-0.4, -0.2) is 56.3 Å². The van der Waals surface area contributed by atoms with E-state index in [1.807, 2.05) is 20.8 Å². The predicted molar refractivity (Wildman–Crippen MR) is 144 cm³/mol. The van der Waals surface area contributed by atoms with Crippen LogP contribution in [0.15, 0.2) is 47.4 Å². The van der Waals surface area contributed by atoms with Crippen LogP contribution in [0.3, 0.4) is 0 Å². The molecule has 0 saturated heterocycles. The van der Waals surface area contributed by atoms with Crippen LogP contribution >= 0.6 is 0 Å². The average Bonchev–Trinajstić information content (AvgIpc) is 3.50. The van der Waals surface area contributed by atoms with Gasteiger partial charge in [-0.1, -0.05) is 12.2 Å². The lowest BCUT2D eigenvalue weighted by atomic mass is 10.2. The Morgan fingerprint density at radius 1 is 1.13 bits per heavy atom. The Morgan fingerprint density at radius 3 is 2.67 bits per heavy atom. The summed E-state index contributed by atoms with van der Waals surface area (Å²) in [6.45, 7) is 6.26. The van der Waals surface area contributed by atoms with E-state index in [4.69, 9.17) is 9.15 Å². The van der Waals surface area contributed by atoms with Gasteiger partial charge in [0, 0.05) is 38.1 Å². The first-order valence-electron chi connectivity index (χ1n) is 12.8. The number of carbonyl (C=O) groups excluding carboxylic acids is 3. The third-order valence-electron chi connectivity index (χ3n) is 5.66. The third kappa shape index (κ3) is 7.30. The highest BCUT2D eigenvalue weighted by Gasteiger charge is 2.25. The summed E-state index contributed by atoms with van der Waals surface area (Å²) >= 11 is 0. The molecule has 39 heavy (non-hydrogen) atoms. The molecule has 1 aliphatic heterocycles. The van der Waals surface area contributed by atoms with Gasteiger partial charge in [-0.3, -0.25) is 19.2 Å². The van der Waals surface area contributed by atoms with Crippen molar-refractivity contribution in [2.75, 3.05) is 23.3 Å². The van der Waals surface area contributed by atoms with Crippen molar-refractivity contribution in [2.45, 2.75) is 52.1 Å². The molecule has 3 aromatic heterocycles. The second-order valence-corrected chi connectivity index (χ2v) is 10.1. The lowest BCUT2D eigenvalue weighted by molar-refractivity contribution is 0.0578. The van der Waals surface area contributed by atoms with Gasteiger partial charge in [-0.15, -0.1) is 0 Å². The molecule has 0 radical (unpaired) electrons. The lowest BCUT2D eigenvalue weighted by Crippen LogP contribution is -2.38. The second kappa shape index (κ2) is 11.9. The fraction of sp³-hybridized carbons (Fsp3) is 0.407. The van der Waals surface area contributed by atoms with E-state index < -0.39 is 17.6 Å². The fourth-order valence-corrected chi connectivity index (χ4v) is 3.87. The first-order valence-corrected chi connectivity index (χ1v) is 12.8. The third-order valence-corrected chi connectivity index (χ3v) is 5.66. The molecule has 4 rings (SSSR count). The van der Waals surface area contributed by atoms with Gasteiger partial charge in [0.1, 0.15) is 17.7 Å². The molecule has 0 unspecified atom stereocenters. The zero-order valence-electron chi connectivity index (χ0n) is 22.6. The minimum absolute atomic E-state index is 0.0135. The van der Waals surface area contributed by atoms with Crippen molar-refractivity contribution >= 4 is 29.4 Å². The number of aromatic nitrogens is 4. The second-order valence-electron chi connectivity index (χ2n) is 10.1. The number of aryl methyl sites for hydroxylation is 1. The summed E-state index contributed by atoms with van der Waals surface area (Å²) in [5, 5.41) is 9.72. The predicted octanol–water partition coefficient (Wildman–Crippen LogP) is 4.32. The summed E-state index contributed by atoms with van der Waals surface area (Å²) in [6.07, 6.45) is 10.9. The monoisotopic (exact) mass is 535 g/mol. The molecular weight excluding hydrogens is 502 g/mol. The smallest absolute Gasteiger partial charge is 0.416 e. The van der Waals surface area contributed by atoms with Crippen LogP contribution in [0.5, 0.6) is 0 Å². The SMILES string of the molecule is Cn1cc2c(n1)C(=O)NCCC/C=C\CCCN(C(=O)OC(C)(C)C)c1cc(ccn1)-c1nc(co1)C(=O)N2. The van der Waals surface area contributed by atoms with Crippen molar-refractivity contribution in [2.24, 2.45) is 7.05 Å². The molecule has 12 heteroatoms. The first-order chi connectivity index (χ1) is 18.6. The van der Waals surface area contributed by atoms with Crippen molar-refractivity contribution in [3.8, 4) is 11.5 Å². The Balaban J connectivity index is 1.65. The van der Waals surface area contributed by atoms with Gasteiger partial charge in [-0.25, -0.2) is 14.8 Å². The van der Waals surface area contributed by atoms with Gasteiger partial charge >= 0.3 is 6.09 Å². The van der Waals surface area contributed by atoms with Gasteiger partial charge in [0.15, 0.2) is 11.4 Å². The molecule has 3 aromatic rings. The maximum Gasteiger partial charge on any atom is 0.416 e. The quantitative estimate of drug-likeness (QED) is 0.405. The topological polar surface area (TPSA) is 144 Å². The number of ether oxygens (including phenoxy) is 1. The number of rotatable bonds is 0. The number of pyridine rings is 1. The van der Waals surface area contributed by atoms with Crippen LogP contribution < -0.4 is 15.5 Å². The number of amides is 3. The van der Waals surface area contributed by atoms with E-state index >= 15 is 0 Å². The number of fused-ring (bicyclic) bond motifs is 6. The summed E-state index contributed by atoms with van der Waals surface area (Å²) in [4.78, 5) is 48.9. The van der Waals surface area contributed by atoms with Crippen LogP contribution in [0, 0.1) is 0 Å². The Kier molecular flexibility index (Phi) is 8.43. The van der Waals surface area contributed by atoms with E-state index in [1.54, 1.807) is 31.6 Å². The van der Waals surface area contributed by atoms with Crippen LogP contribution in [-0.2, 0) is 11.8 Å². The molecule has 0 fully saturated rings. The molecule has 4 heterocycles. The summed E-state index contributed by atoms with van der Waals surface area (Å²) in [6, 6.07) is 3.34. The van der Waals surface area contributed by atoms with Crippen molar-refractivity contribution in [1.82, 2.24) is 25.1 Å². The molecule has 0 saturated carbocycles. The molecular formula is C27H33N7O5. The zero-order valence-corrected chi connectivity index (χ0v) is 22.6. The number of nitrogens with one attached hydrogen (secondary N) is 2. The highest BCUT2D eigenvalue weighted by Crippen LogP contribution is 2.25. The number of nitrogens with zero attached hydrogens (tertiary/aromatic N) is 5. The number of anilines is 2. The number of allylic oxidation sites excluding steroid dienone is 2. The van der Waals surface area contributed by atoms with Gasteiger partial charge in [0.05, 0.1) is 5.69 Å². The Labute approximate surface area is 226 Å². The largest absolute Gasteiger partial charge is 0.444 e. The average molecular weight is 536 g/mol. The van der Waals surface area contributed by atoms with E-state index in [0.29, 0.717) is 30.9 Å². The van der Waals surface area contributed by atoms with E-state index in [0.717, 1.165) is 19.3 Å². The summed E-state index contributed by atoms with van der Waals surface area (Å²) in [5.41, 5.74) is 0.233. The maximum absolute atomic E-state index is 13.1. The van der Waals surface area contributed by atoms with Gasteiger partial charge in [-0.05, 0) is 58.6 Å². The van der Waals surface area contributed by atoms with Crippen LogP contribution in [0.1, 0.15) is 67.4 Å². The van der Waals surface area contributed by atoms with Gasteiger partial charge in [0.25, 0.3) is 11.8 Å². The van der Waals surface area contributed by atoms with E-state index in [9.17, 15) is 14.4 Å². The van der Waals surface area contributed by atoms with E-state index in [-0.39, 0.29) is 28.9 Å². The molecule has 0 aromatic carbocycles. The molecule has 1 aliphatic rings. The van der Waals surface area contributed by atoms with Crippen LogP contribution in [0.4, 0.5) is 16.3 Å². The molecule has 0 atom stereocenters. The van der Waals surface area contributed by atoms with Crippen LogP contribution in [0.2, 0.25) is 0 Å². The highest BCUT2D eigenvalue weighted by molar-refractivity contribution is 6.07. The molecule has 0 spiro atoms. The minimum Gasteiger partial charge on any atom is -0.444 e. The summed E-state index contributed by atoms with van der Waals surface area (Å²) < 4.78 is 12.7. The number of hydrogen-bond acceptors (Lipinski definition) is 8. The minimum atomic E-state index is -0.676. The Morgan fingerprint density at radius 2 is 1.90 bits per heavy atom. The summed E-state index contributed by atoms with van der Waals surface area (Å²) in [5.74, 6) is -0.391. The normalized spacial score (nSPS) is 16.4. The van der Waals surface area contributed by atoms with Crippen molar-refractivity contribution in [3.05, 3.63) is 54.3 Å². The maximum atomic E-state index is 13.1. The zero-order chi connectivity index (χ0) is 28.0.